The van der Waals surface area contributed by atoms with Crippen molar-refractivity contribution in [3.8, 4) is 0 Å². The third-order valence-corrected chi connectivity index (χ3v) is 6.95. The van der Waals surface area contributed by atoms with Crippen LogP contribution in [0.3, 0.4) is 0 Å². The standard InChI is InChI=1S/C29H54N.ClH/c1-5-7-9-11-13-15-17-22-26-29(28-24-20-19-21-25-28)30(3,4)27-23-18-16-14-12-10-8-6-2;/h19-21,24-25,29H,5-18,22-23,26-27H2,1-4H3;1H/q+1;/p-1. The number of rotatable bonds is 20. The van der Waals surface area contributed by atoms with Gasteiger partial charge in [-0.15, -0.1) is 0 Å². The normalized spacial score (nSPS) is 12.5. The second-order valence-corrected chi connectivity index (χ2v) is 10.2. The summed E-state index contributed by atoms with van der Waals surface area (Å²) in [6.07, 6.45) is 23.9. The molecule has 1 rings (SSSR count). The second-order valence-electron chi connectivity index (χ2n) is 10.2. The zero-order valence-electron chi connectivity index (χ0n) is 21.5. The lowest BCUT2D eigenvalue weighted by Gasteiger charge is -2.39. The van der Waals surface area contributed by atoms with Gasteiger partial charge in [0.1, 0.15) is 6.04 Å². The van der Waals surface area contributed by atoms with Crippen molar-refractivity contribution in [3.63, 3.8) is 0 Å². The molecular weight excluding hydrogens is 398 g/mol. The van der Waals surface area contributed by atoms with Gasteiger partial charge in [-0.2, -0.15) is 0 Å². The Morgan fingerprint density at radius 1 is 0.581 bits per heavy atom. The summed E-state index contributed by atoms with van der Waals surface area (Å²) in [7, 11) is 4.95. The Labute approximate surface area is 202 Å². The van der Waals surface area contributed by atoms with E-state index in [0.717, 1.165) is 4.48 Å². The largest absolute Gasteiger partial charge is 1.00 e. The molecule has 2 heteroatoms. The Morgan fingerprint density at radius 2 is 1.00 bits per heavy atom. The molecule has 0 spiro atoms. The maximum atomic E-state index is 2.48. The Hall–Kier alpha value is -0.530. The average Bonchev–Trinajstić information content (AvgIpc) is 2.75. The molecule has 0 fully saturated rings. The van der Waals surface area contributed by atoms with Gasteiger partial charge >= 0.3 is 0 Å². The van der Waals surface area contributed by atoms with E-state index < -0.39 is 0 Å². The van der Waals surface area contributed by atoms with Crippen LogP contribution < -0.4 is 12.4 Å². The molecule has 0 saturated heterocycles. The van der Waals surface area contributed by atoms with Crippen molar-refractivity contribution in [2.75, 3.05) is 20.6 Å². The molecule has 0 bridgehead atoms. The number of halogens is 1. The maximum Gasteiger partial charge on any atom is 0.114 e. The lowest BCUT2D eigenvalue weighted by molar-refractivity contribution is -0.921. The minimum absolute atomic E-state index is 0. The van der Waals surface area contributed by atoms with Crippen LogP contribution >= 0.6 is 0 Å². The topological polar surface area (TPSA) is 0 Å². The molecule has 0 aliphatic heterocycles. The highest BCUT2D eigenvalue weighted by Gasteiger charge is 2.28. The monoisotopic (exact) mass is 451 g/mol. The number of quaternary nitrogens is 1. The number of benzene rings is 1. The van der Waals surface area contributed by atoms with Crippen LogP contribution in [-0.4, -0.2) is 25.1 Å². The van der Waals surface area contributed by atoms with Gasteiger partial charge in [-0.25, -0.2) is 0 Å². The van der Waals surface area contributed by atoms with E-state index in [1.807, 2.05) is 0 Å². The highest BCUT2D eigenvalue weighted by Crippen LogP contribution is 2.31. The first-order valence-corrected chi connectivity index (χ1v) is 13.5. The van der Waals surface area contributed by atoms with Crippen molar-refractivity contribution >= 4 is 0 Å². The smallest absolute Gasteiger partial charge is 0.114 e. The molecule has 0 aliphatic carbocycles. The minimum atomic E-state index is 0. The summed E-state index contributed by atoms with van der Waals surface area (Å²) in [6.45, 7) is 5.92. The zero-order valence-corrected chi connectivity index (χ0v) is 22.3. The lowest BCUT2D eigenvalue weighted by atomic mass is 9.96. The molecule has 0 N–H and O–H groups in total. The molecule has 31 heavy (non-hydrogen) atoms. The van der Waals surface area contributed by atoms with Crippen molar-refractivity contribution < 1.29 is 16.9 Å². The summed E-state index contributed by atoms with van der Waals surface area (Å²) >= 11 is 0. The first-order valence-electron chi connectivity index (χ1n) is 13.5. The van der Waals surface area contributed by atoms with E-state index in [4.69, 9.17) is 0 Å². The van der Waals surface area contributed by atoms with Gasteiger partial charge in [0.25, 0.3) is 0 Å². The number of unbranched alkanes of at least 4 members (excludes halogenated alkanes) is 14. The Morgan fingerprint density at radius 3 is 1.48 bits per heavy atom. The summed E-state index contributed by atoms with van der Waals surface area (Å²) in [5.41, 5.74) is 1.55. The van der Waals surface area contributed by atoms with Crippen LogP contribution in [0.5, 0.6) is 0 Å². The summed E-state index contributed by atoms with van der Waals surface area (Å²) in [5.74, 6) is 0. The molecule has 0 aromatic heterocycles. The number of hydrogen-bond donors (Lipinski definition) is 0. The van der Waals surface area contributed by atoms with Crippen LogP contribution in [-0.2, 0) is 0 Å². The fraction of sp³-hybridized carbons (Fsp3) is 0.793. The predicted molar refractivity (Wildman–Crippen MR) is 136 cm³/mol. The van der Waals surface area contributed by atoms with Gasteiger partial charge in [-0.3, -0.25) is 0 Å². The van der Waals surface area contributed by atoms with E-state index >= 15 is 0 Å². The zero-order chi connectivity index (χ0) is 21.9. The SMILES string of the molecule is CCCCCCCCCCC(c1ccccc1)[N+](C)(C)CCCCCCCCCC.[Cl-]. The molecule has 1 nitrogen and oxygen atoms in total. The summed E-state index contributed by atoms with van der Waals surface area (Å²) < 4.78 is 1.15. The maximum absolute atomic E-state index is 2.48. The van der Waals surface area contributed by atoms with Crippen molar-refractivity contribution in [1.82, 2.24) is 0 Å². The third-order valence-electron chi connectivity index (χ3n) is 6.95. The minimum Gasteiger partial charge on any atom is -1.00 e. The van der Waals surface area contributed by atoms with Crippen LogP contribution in [0.25, 0.3) is 0 Å². The van der Waals surface area contributed by atoms with Gasteiger partial charge in [0.2, 0.25) is 0 Å². The quantitative estimate of drug-likeness (QED) is 0.157. The Balaban J connectivity index is 0.00000900. The first-order chi connectivity index (χ1) is 14.6. The van der Waals surface area contributed by atoms with Crippen molar-refractivity contribution in [2.45, 2.75) is 129 Å². The van der Waals surface area contributed by atoms with E-state index in [1.54, 1.807) is 5.56 Å². The second kappa shape index (κ2) is 20.1. The average molecular weight is 452 g/mol. The summed E-state index contributed by atoms with van der Waals surface area (Å²) in [5, 5.41) is 0. The van der Waals surface area contributed by atoms with E-state index in [2.05, 4.69) is 58.3 Å². The molecule has 1 unspecified atom stereocenters. The van der Waals surface area contributed by atoms with Gasteiger partial charge in [-0.05, 0) is 19.3 Å². The number of nitrogens with zero attached hydrogens (tertiary/aromatic N) is 1. The molecule has 1 aromatic rings. The Bertz CT molecular complexity index is 485. The molecule has 1 atom stereocenters. The molecule has 0 heterocycles. The number of hydrogen-bond acceptors (Lipinski definition) is 0. The van der Waals surface area contributed by atoms with E-state index in [0.29, 0.717) is 6.04 Å². The van der Waals surface area contributed by atoms with Gasteiger partial charge in [0.05, 0.1) is 20.6 Å². The van der Waals surface area contributed by atoms with Crippen LogP contribution in [0.4, 0.5) is 0 Å². The molecule has 1 aromatic carbocycles. The third kappa shape index (κ3) is 15.0. The van der Waals surface area contributed by atoms with Gasteiger partial charge < -0.3 is 16.9 Å². The van der Waals surface area contributed by atoms with Crippen LogP contribution in [0.1, 0.15) is 135 Å². The molecule has 0 saturated carbocycles. The molecule has 0 aliphatic rings. The molecule has 0 amide bonds. The van der Waals surface area contributed by atoms with Crippen molar-refractivity contribution in [1.29, 1.82) is 0 Å². The summed E-state index contributed by atoms with van der Waals surface area (Å²) in [4.78, 5) is 0. The lowest BCUT2D eigenvalue weighted by Crippen LogP contribution is -3.00. The predicted octanol–water partition coefficient (Wildman–Crippen LogP) is 6.48. The summed E-state index contributed by atoms with van der Waals surface area (Å²) in [6, 6.07) is 12.0. The van der Waals surface area contributed by atoms with Crippen LogP contribution in [0.2, 0.25) is 0 Å². The van der Waals surface area contributed by atoms with Crippen molar-refractivity contribution in [2.24, 2.45) is 0 Å². The highest BCUT2D eigenvalue weighted by atomic mass is 35.5. The van der Waals surface area contributed by atoms with Crippen LogP contribution in [0, 0.1) is 0 Å². The van der Waals surface area contributed by atoms with E-state index in [1.165, 1.54) is 116 Å². The van der Waals surface area contributed by atoms with E-state index in [-0.39, 0.29) is 12.4 Å². The highest BCUT2D eigenvalue weighted by molar-refractivity contribution is 5.17. The fourth-order valence-corrected chi connectivity index (χ4v) is 4.88. The molecular formula is C29H54ClN. The first kappa shape index (κ1) is 30.5. The van der Waals surface area contributed by atoms with Gasteiger partial charge in [-0.1, -0.05) is 128 Å². The van der Waals surface area contributed by atoms with E-state index in [9.17, 15) is 0 Å². The van der Waals surface area contributed by atoms with Crippen LogP contribution in [0.15, 0.2) is 30.3 Å². The molecule has 0 radical (unpaired) electrons. The van der Waals surface area contributed by atoms with Gasteiger partial charge in [0, 0.05) is 12.0 Å². The van der Waals surface area contributed by atoms with Gasteiger partial charge in [0.15, 0.2) is 0 Å². The fourth-order valence-electron chi connectivity index (χ4n) is 4.88. The van der Waals surface area contributed by atoms with Crippen molar-refractivity contribution in [3.05, 3.63) is 35.9 Å². The molecule has 182 valence electrons. The Kier molecular flexibility index (Phi) is 19.8.